The van der Waals surface area contributed by atoms with Crippen molar-refractivity contribution >= 4 is 11.0 Å². The number of benzene rings is 1. The molecule has 2 heterocycles. The van der Waals surface area contributed by atoms with Crippen molar-refractivity contribution < 1.29 is 13.9 Å². The summed E-state index contributed by atoms with van der Waals surface area (Å²) in [4.78, 5) is 11.2. The molecule has 0 amide bonds. The van der Waals surface area contributed by atoms with Gasteiger partial charge in [0.25, 0.3) is 0 Å². The number of fused-ring (bicyclic) bond motifs is 1. The number of hydrogen-bond donors (Lipinski definition) is 1. The third-order valence-electron chi connectivity index (χ3n) is 3.03. The first-order valence-corrected chi connectivity index (χ1v) is 6.30. The van der Waals surface area contributed by atoms with Crippen LogP contribution in [0.1, 0.15) is 0 Å². The zero-order valence-electron chi connectivity index (χ0n) is 10.4. The second-order valence-electron chi connectivity index (χ2n) is 4.46. The molecule has 3 rings (SSSR count). The first kappa shape index (κ1) is 12.2. The monoisotopic (exact) mass is 261 g/mol. The van der Waals surface area contributed by atoms with Crippen LogP contribution in [0.5, 0.6) is 5.75 Å². The maximum atomic E-state index is 11.2. The molecular formula is C14H15NO4. The lowest BCUT2D eigenvalue weighted by Gasteiger charge is -2.23. The second kappa shape index (κ2) is 5.42. The van der Waals surface area contributed by atoms with E-state index in [9.17, 15) is 4.79 Å². The van der Waals surface area contributed by atoms with Gasteiger partial charge in [0.1, 0.15) is 24.0 Å². The van der Waals surface area contributed by atoms with Crippen molar-refractivity contribution in [2.75, 3.05) is 26.3 Å². The molecule has 1 saturated heterocycles. The Morgan fingerprint density at radius 3 is 3.05 bits per heavy atom. The number of morpholine rings is 1. The van der Waals surface area contributed by atoms with E-state index in [-0.39, 0.29) is 11.7 Å². The molecule has 5 heteroatoms. The average Bonchev–Trinajstić information content (AvgIpc) is 2.46. The third kappa shape index (κ3) is 2.94. The van der Waals surface area contributed by atoms with Crippen LogP contribution in [-0.2, 0) is 4.74 Å². The summed E-state index contributed by atoms with van der Waals surface area (Å²) < 4.78 is 16.3. The summed E-state index contributed by atoms with van der Waals surface area (Å²) in [5.41, 5.74) is 0.178. The van der Waals surface area contributed by atoms with Crippen LogP contribution in [0.4, 0.5) is 0 Å². The molecule has 1 aliphatic rings. The first-order chi connectivity index (χ1) is 9.31. The zero-order chi connectivity index (χ0) is 13.1. The van der Waals surface area contributed by atoms with E-state index >= 15 is 0 Å². The fraction of sp³-hybridized carbons (Fsp3) is 0.357. The van der Waals surface area contributed by atoms with Gasteiger partial charge < -0.3 is 19.2 Å². The van der Waals surface area contributed by atoms with Crippen LogP contribution in [0.3, 0.4) is 0 Å². The van der Waals surface area contributed by atoms with E-state index < -0.39 is 0 Å². The Morgan fingerprint density at radius 1 is 1.32 bits per heavy atom. The molecule has 0 unspecified atom stereocenters. The minimum absolute atomic E-state index is 0.0622. The van der Waals surface area contributed by atoms with Crippen molar-refractivity contribution in [1.82, 2.24) is 5.32 Å². The minimum atomic E-state index is -0.357. The van der Waals surface area contributed by atoms with E-state index in [2.05, 4.69) is 5.32 Å². The van der Waals surface area contributed by atoms with E-state index in [1.165, 1.54) is 6.07 Å². The Kier molecular flexibility index (Phi) is 3.48. The summed E-state index contributed by atoms with van der Waals surface area (Å²) >= 11 is 0. The quantitative estimate of drug-likeness (QED) is 0.840. The molecule has 2 aromatic rings. The van der Waals surface area contributed by atoms with Crippen LogP contribution in [0.2, 0.25) is 0 Å². The van der Waals surface area contributed by atoms with Gasteiger partial charge in [0.15, 0.2) is 0 Å². The van der Waals surface area contributed by atoms with Gasteiger partial charge in [-0.15, -0.1) is 0 Å². The van der Waals surface area contributed by atoms with E-state index in [1.54, 1.807) is 12.1 Å². The number of hydrogen-bond acceptors (Lipinski definition) is 5. The highest BCUT2D eigenvalue weighted by atomic mass is 16.5. The predicted molar refractivity (Wildman–Crippen MR) is 70.6 cm³/mol. The number of ether oxygens (including phenoxy) is 2. The molecule has 19 heavy (non-hydrogen) atoms. The van der Waals surface area contributed by atoms with Crippen LogP contribution in [0.15, 0.2) is 39.5 Å². The molecule has 0 aliphatic carbocycles. The van der Waals surface area contributed by atoms with Gasteiger partial charge in [-0.1, -0.05) is 0 Å². The molecule has 0 radical (unpaired) electrons. The first-order valence-electron chi connectivity index (χ1n) is 6.30. The van der Waals surface area contributed by atoms with Crippen LogP contribution in [-0.4, -0.2) is 32.4 Å². The van der Waals surface area contributed by atoms with Crippen LogP contribution in [0, 0.1) is 0 Å². The lowest BCUT2D eigenvalue weighted by Crippen LogP contribution is -2.41. The van der Waals surface area contributed by atoms with E-state index in [0.29, 0.717) is 24.5 Å². The Balaban J connectivity index is 1.72. The van der Waals surface area contributed by atoms with Gasteiger partial charge in [-0.05, 0) is 18.2 Å². The molecule has 0 bridgehead atoms. The summed E-state index contributed by atoms with van der Waals surface area (Å²) in [6.45, 7) is 2.87. The Labute approximate surface area is 110 Å². The fourth-order valence-electron chi connectivity index (χ4n) is 2.05. The van der Waals surface area contributed by atoms with Gasteiger partial charge >= 0.3 is 5.63 Å². The standard InChI is InChI=1S/C14H15NO4/c16-14-4-2-10-1-3-11(7-13(10)19-14)18-9-12-8-15-5-6-17-12/h1-4,7,12,15H,5-6,8-9H2/t12-/m0/s1. The molecule has 1 aromatic heterocycles. The molecule has 100 valence electrons. The molecule has 1 atom stereocenters. The van der Waals surface area contributed by atoms with Gasteiger partial charge in [0.2, 0.25) is 0 Å². The average molecular weight is 261 g/mol. The summed E-state index contributed by atoms with van der Waals surface area (Å²) in [5, 5.41) is 4.12. The maximum absolute atomic E-state index is 11.2. The summed E-state index contributed by atoms with van der Waals surface area (Å²) in [6, 6.07) is 8.60. The molecule has 5 nitrogen and oxygen atoms in total. The predicted octanol–water partition coefficient (Wildman–Crippen LogP) is 1.16. The van der Waals surface area contributed by atoms with Crippen molar-refractivity contribution in [2.24, 2.45) is 0 Å². The molecule has 1 fully saturated rings. The van der Waals surface area contributed by atoms with Gasteiger partial charge in [0, 0.05) is 30.6 Å². The Morgan fingerprint density at radius 2 is 2.21 bits per heavy atom. The lowest BCUT2D eigenvalue weighted by atomic mass is 10.2. The zero-order valence-corrected chi connectivity index (χ0v) is 10.4. The van der Waals surface area contributed by atoms with Crippen LogP contribution >= 0.6 is 0 Å². The molecule has 0 saturated carbocycles. The third-order valence-corrected chi connectivity index (χ3v) is 3.03. The largest absolute Gasteiger partial charge is 0.491 e. The van der Waals surface area contributed by atoms with Crippen molar-refractivity contribution in [3.8, 4) is 5.75 Å². The SMILES string of the molecule is O=c1ccc2ccc(OC[C@@H]3CNCCO3)cc2o1. The van der Waals surface area contributed by atoms with E-state index in [4.69, 9.17) is 13.9 Å². The highest BCUT2D eigenvalue weighted by Gasteiger charge is 2.14. The maximum Gasteiger partial charge on any atom is 0.336 e. The molecule has 1 aromatic carbocycles. The van der Waals surface area contributed by atoms with Crippen molar-refractivity contribution in [3.05, 3.63) is 40.8 Å². The smallest absolute Gasteiger partial charge is 0.336 e. The summed E-state index contributed by atoms with van der Waals surface area (Å²) in [7, 11) is 0. The molecular weight excluding hydrogens is 246 g/mol. The highest BCUT2D eigenvalue weighted by molar-refractivity contribution is 5.77. The van der Waals surface area contributed by atoms with E-state index in [0.717, 1.165) is 18.5 Å². The minimum Gasteiger partial charge on any atom is -0.491 e. The van der Waals surface area contributed by atoms with Gasteiger partial charge in [0.05, 0.1) is 6.61 Å². The van der Waals surface area contributed by atoms with Gasteiger partial charge in [-0.2, -0.15) is 0 Å². The van der Waals surface area contributed by atoms with Gasteiger partial charge in [-0.3, -0.25) is 0 Å². The van der Waals surface area contributed by atoms with Crippen LogP contribution < -0.4 is 15.7 Å². The summed E-state index contributed by atoms with van der Waals surface area (Å²) in [6.07, 6.45) is 0.0622. The normalized spacial score (nSPS) is 19.5. The van der Waals surface area contributed by atoms with Crippen molar-refractivity contribution in [2.45, 2.75) is 6.10 Å². The van der Waals surface area contributed by atoms with Gasteiger partial charge in [-0.25, -0.2) is 4.79 Å². The molecule has 0 spiro atoms. The topological polar surface area (TPSA) is 60.7 Å². The molecule has 1 N–H and O–H groups in total. The number of rotatable bonds is 3. The number of nitrogens with one attached hydrogen (secondary N) is 1. The van der Waals surface area contributed by atoms with Crippen molar-refractivity contribution in [3.63, 3.8) is 0 Å². The van der Waals surface area contributed by atoms with Crippen LogP contribution in [0.25, 0.3) is 11.0 Å². The second-order valence-corrected chi connectivity index (χ2v) is 4.46. The lowest BCUT2D eigenvalue weighted by molar-refractivity contribution is 0.000206. The summed E-state index contributed by atoms with van der Waals surface area (Å²) in [5.74, 6) is 0.677. The molecule has 1 aliphatic heterocycles. The van der Waals surface area contributed by atoms with Crippen molar-refractivity contribution in [1.29, 1.82) is 0 Å². The Bertz CT molecular complexity index is 616. The highest BCUT2D eigenvalue weighted by Crippen LogP contribution is 2.19. The fourth-order valence-corrected chi connectivity index (χ4v) is 2.05. The van der Waals surface area contributed by atoms with E-state index in [1.807, 2.05) is 12.1 Å². The Hall–Kier alpha value is -1.85.